The molecule has 0 heterocycles. The molecule has 2 N–H and O–H groups in total. The molecule has 2 unspecified atom stereocenters. The van der Waals surface area contributed by atoms with Gasteiger partial charge in [0, 0.05) is 5.25 Å². The molecule has 0 rings (SSSR count). The second kappa shape index (κ2) is 11.8. The summed E-state index contributed by atoms with van der Waals surface area (Å²) in [5.74, 6) is 3.28. The van der Waals surface area contributed by atoms with Crippen molar-refractivity contribution in [2.75, 3.05) is 23.9 Å². The van der Waals surface area contributed by atoms with Gasteiger partial charge in [-0.2, -0.15) is 11.8 Å². The number of aliphatic hydroxyl groups is 2. The molecule has 0 amide bonds. The Bertz CT molecular complexity index is 194. The topological polar surface area (TPSA) is 40.5 Å². The lowest BCUT2D eigenvalue weighted by molar-refractivity contribution is 0.131. The molecule has 2 atom stereocenters. The molecule has 5 heteroatoms. The van der Waals surface area contributed by atoms with Crippen LogP contribution in [0.2, 0.25) is 0 Å². The molecule has 2 nitrogen and oxygen atoms in total. The molecule has 0 bridgehead atoms. The van der Waals surface area contributed by atoms with Crippen LogP contribution in [-0.4, -0.2) is 50.0 Å². The van der Waals surface area contributed by atoms with Gasteiger partial charge in [0.2, 0.25) is 0 Å². The van der Waals surface area contributed by atoms with Crippen molar-refractivity contribution >= 4 is 35.3 Å². The third-order valence-corrected chi connectivity index (χ3v) is 6.22. The zero-order valence-corrected chi connectivity index (χ0v) is 13.3. The van der Waals surface area contributed by atoms with Gasteiger partial charge in [0.25, 0.3) is 0 Å². The Kier molecular flexibility index (Phi) is 12.3. The fourth-order valence-corrected chi connectivity index (χ4v) is 5.39. The highest BCUT2D eigenvalue weighted by atomic mass is 32.2. The van der Waals surface area contributed by atoms with Crippen LogP contribution in [0.15, 0.2) is 12.2 Å². The minimum atomic E-state index is -0.728. The van der Waals surface area contributed by atoms with Gasteiger partial charge in [-0.1, -0.05) is 32.9 Å². The van der Waals surface area contributed by atoms with Crippen molar-refractivity contribution in [3.63, 3.8) is 0 Å². The standard InChI is InChI=1S/C12H24O2S3/c1-4-15-11(8-7-10(14)9-13)12(16-5-2)17-6-3/h7-8,10-14H,4-6,9H2,1-3H3/b8-7+. The van der Waals surface area contributed by atoms with Crippen LogP contribution in [0.4, 0.5) is 0 Å². The van der Waals surface area contributed by atoms with Crippen molar-refractivity contribution in [3.8, 4) is 0 Å². The molecule has 0 aliphatic heterocycles. The summed E-state index contributed by atoms with van der Waals surface area (Å²) in [6, 6.07) is 0. The molecule has 0 aliphatic carbocycles. The lowest BCUT2D eigenvalue weighted by Gasteiger charge is -2.22. The van der Waals surface area contributed by atoms with E-state index in [9.17, 15) is 5.11 Å². The van der Waals surface area contributed by atoms with E-state index in [1.807, 2.05) is 41.4 Å². The average Bonchev–Trinajstić information content (AvgIpc) is 2.33. The first kappa shape index (κ1) is 17.7. The predicted octanol–water partition coefficient (Wildman–Crippen LogP) is 2.85. The van der Waals surface area contributed by atoms with E-state index in [1.54, 1.807) is 6.08 Å². The summed E-state index contributed by atoms with van der Waals surface area (Å²) in [5, 5.41) is 18.6. The number of rotatable bonds is 10. The van der Waals surface area contributed by atoms with Gasteiger partial charge in [0.15, 0.2) is 0 Å². The van der Waals surface area contributed by atoms with Crippen molar-refractivity contribution in [3.05, 3.63) is 12.2 Å². The molecule has 0 saturated heterocycles. The van der Waals surface area contributed by atoms with Crippen LogP contribution in [0.5, 0.6) is 0 Å². The van der Waals surface area contributed by atoms with Gasteiger partial charge in [0.05, 0.1) is 17.3 Å². The van der Waals surface area contributed by atoms with Gasteiger partial charge in [-0.05, 0) is 17.3 Å². The van der Waals surface area contributed by atoms with E-state index < -0.39 is 6.10 Å². The van der Waals surface area contributed by atoms with Crippen molar-refractivity contribution in [1.29, 1.82) is 0 Å². The SMILES string of the molecule is CCSC(/C=C/C(O)CO)C(SCC)SCC. The molecular formula is C12H24O2S3. The zero-order valence-electron chi connectivity index (χ0n) is 10.8. The Morgan fingerprint density at radius 1 is 0.941 bits per heavy atom. The summed E-state index contributed by atoms with van der Waals surface area (Å²) in [7, 11) is 0. The largest absolute Gasteiger partial charge is 0.393 e. The molecule has 0 fully saturated rings. The molecule has 17 heavy (non-hydrogen) atoms. The summed E-state index contributed by atoms with van der Waals surface area (Å²) in [6.07, 6.45) is 3.03. The monoisotopic (exact) mass is 296 g/mol. The minimum absolute atomic E-state index is 0.202. The maximum atomic E-state index is 9.36. The van der Waals surface area contributed by atoms with Crippen molar-refractivity contribution in [2.45, 2.75) is 36.7 Å². The Balaban J connectivity index is 4.47. The summed E-state index contributed by atoms with van der Waals surface area (Å²) in [4.78, 5) is 0. The molecule has 0 spiro atoms. The van der Waals surface area contributed by atoms with Crippen LogP contribution in [0, 0.1) is 0 Å². The number of hydrogen-bond donors (Lipinski definition) is 2. The highest BCUT2D eigenvalue weighted by Crippen LogP contribution is 2.34. The summed E-state index contributed by atoms with van der Waals surface area (Å²) in [5.41, 5.74) is 0. The van der Waals surface area contributed by atoms with Crippen LogP contribution < -0.4 is 0 Å². The van der Waals surface area contributed by atoms with E-state index in [1.165, 1.54) is 0 Å². The predicted molar refractivity (Wildman–Crippen MR) is 84.2 cm³/mol. The van der Waals surface area contributed by atoms with Gasteiger partial charge < -0.3 is 10.2 Å². The van der Waals surface area contributed by atoms with Crippen LogP contribution in [0.1, 0.15) is 20.8 Å². The summed E-state index contributed by atoms with van der Waals surface area (Å²) >= 11 is 5.81. The maximum Gasteiger partial charge on any atom is 0.0952 e. The van der Waals surface area contributed by atoms with Crippen LogP contribution in [-0.2, 0) is 0 Å². The van der Waals surface area contributed by atoms with E-state index in [2.05, 4.69) is 20.8 Å². The quantitative estimate of drug-likeness (QED) is 0.479. The summed E-state index contributed by atoms with van der Waals surface area (Å²) in [6.45, 7) is 6.30. The number of hydrogen-bond acceptors (Lipinski definition) is 5. The first-order valence-corrected chi connectivity index (χ1v) is 9.16. The van der Waals surface area contributed by atoms with Crippen molar-refractivity contribution in [1.82, 2.24) is 0 Å². The van der Waals surface area contributed by atoms with Crippen LogP contribution in [0.25, 0.3) is 0 Å². The average molecular weight is 297 g/mol. The molecule has 0 aromatic heterocycles. The third kappa shape index (κ3) is 8.43. The first-order valence-electron chi connectivity index (χ1n) is 6.01. The Morgan fingerprint density at radius 3 is 1.88 bits per heavy atom. The number of thioether (sulfide) groups is 3. The Morgan fingerprint density at radius 2 is 1.47 bits per heavy atom. The van der Waals surface area contributed by atoms with Gasteiger partial charge >= 0.3 is 0 Å². The van der Waals surface area contributed by atoms with Crippen molar-refractivity contribution < 1.29 is 10.2 Å². The maximum absolute atomic E-state index is 9.36. The van der Waals surface area contributed by atoms with E-state index in [4.69, 9.17) is 5.11 Å². The minimum Gasteiger partial charge on any atom is -0.393 e. The fourth-order valence-electron chi connectivity index (χ4n) is 1.28. The molecule has 0 aliphatic rings. The zero-order chi connectivity index (χ0) is 13.1. The van der Waals surface area contributed by atoms with Crippen molar-refractivity contribution in [2.24, 2.45) is 0 Å². The second-order valence-corrected chi connectivity index (χ2v) is 7.92. The van der Waals surface area contributed by atoms with E-state index in [0.29, 0.717) is 9.83 Å². The highest BCUT2D eigenvalue weighted by Gasteiger charge is 2.19. The normalized spacial score (nSPS) is 15.6. The summed E-state index contributed by atoms with van der Waals surface area (Å²) < 4.78 is 0.525. The molecule has 0 saturated carbocycles. The van der Waals surface area contributed by atoms with Gasteiger partial charge in [-0.25, -0.2) is 0 Å². The van der Waals surface area contributed by atoms with Gasteiger partial charge in [-0.15, -0.1) is 23.5 Å². The van der Waals surface area contributed by atoms with E-state index in [0.717, 1.165) is 17.3 Å². The van der Waals surface area contributed by atoms with Gasteiger partial charge in [-0.3, -0.25) is 0 Å². The van der Waals surface area contributed by atoms with E-state index in [-0.39, 0.29) is 6.61 Å². The second-order valence-electron chi connectivity index (χ2n) is 3.33. The molecule has 0 radical (unpaired) electrons. The lowest BCUT2D eigenvalue weighted by atomic mass is 10.3. The number of aliphatic hydroxyl groups excluding tert-OH is 2. The smallest absolute Gasteiger partial charge is 0.0952 e. The molecule has 0 aromatic rings. The molecular weight excluding hydrogens is 272 g/mol. The molecule has 0 aromatic carbocycles. The third-order valence-electron chi connectivity index (χ3n) is 2.00. The van der Waals surface area contributed by atoms with E-state index >= 15 is 0 Å². The molecule has 102 valence electrons. The fraction of sp³-hybridized carbons (Fsp3) is 0.833. The van der Waals surface area contributed by atoms with Crippen LogP contribution >= 0.6 is 35.3 Å². The Labute approximate surface area is 118 Å². The lowest BCUT2D eigenvalue weighted by Crippen LogP contribution is -2.17. The Hall–Kier alpha value is 0.710. The van der Waals surface area contributed by atoms with Gasteiger partial charge in [0.1, 0.15) is 0 Å². The first-order chi connectivity index (χ1) is 8.19. The van der Waals surface area contributed by atoms with Crippen LogP contribution in [0.3, 0.4) is 0 Å². The highest BCUT2D eigenvalue weighted by molar-refractivity contribution is 8.18.